The minimum Gasteiger partial charge on any atom is -0.369 e. The summed E-state index contributed by atoms with van der Waals surface area (Å²) in [6.07, 6.45) is 3.08. The lowest BCUT2D eigenvalue weighted by Crippen LogP contribution is -2.06. The zero-order valence-electron chi connectivity index (χ0n) is 14.5. The van der Waals surface area contributed by atoms with Crippen molar-refractivity contribution in [1.82, 2.24) is 9.88 Å². The molecule has 0 aliphatic carbocycles. The molecule has 1 heterocycles. The van der Waals surface area contributed by atoms with Crippen molar-refractivity contribution in [3.8, 4) is 6.07 Å². The number of nitriles is 1. The second-order valence-corrected chi connectivity index (χ2v) is 6.76. The largest absolute Gasteiger partial charge is 0.369 e. The number of anilines is 2. The number of halogens is 3. The van der Waals surface area contributed by atoms with Crippen molar-refractivity contribution in [3.63, 3.8) is 0 Å². The molecule has 0 aliphatic rings. The molecule has 1 N–H and O–H groups in total. The van der Waals surface area contributed by atoms with Crippen molar-refractivity contribution >= 4 is 57.5 Å². The van der Waals surface area contributed by atoms with Crippen molar-refractivity contribution < 1.29 is 4.39 Å². The van der Waals surface area contributed by atoms with Gasteiger partial charge in [0.2, 0.25) is 0 Å². The third-order valence-corrected chi connectivity index (χ3v) is 4.23. The van der Waals surface area contributed by atoms with Gasteiger partial charge in [-0.3, -0.25) is 4.98 Å². The Morgan fingerprint density at radius 1 is 1.22 bits per heavy atom. The van der Waals surface area contributed by atoms with Crippen molar-refractivity contribution in [1.29, 1.82) is 5.26 Å². The summed E-state index contributed by atoms with van der Waals surface area (Å²) in [5, 5.41) is 13.6. The third-order valence-electron chi connectivity index (χ3n) is 3.66. The van der Waals surface area contributed by atoms with Crippen LogP contribution in [0.1, 0.15) is 5.56 Å². The highest BCUT2D eigenvalue weighted by Gasteiger charge is 2.13. The van der Waals surface area contributed by atoms with E-state index in [2.05, 4.69) is 21.4 Å². The summed E-state index contributed by atoms with van der Waals surface area (Å²) in [7, 11) is 3.71. The van der Waals surface area contributed by atoms with Gasteiger partial charge in [-0.2, -0.15) is 5.26 Å². The van der Waals surface area contributed by atoms with E-state index >= 15 is 0 Å². The number of fused-ring (bicyclic) bond motifs is 1. The molecule has 0 unspecified atom stereocenters. The predicted octanol–water partition coefficient (Wildman–Crippen LogP) is 5.52. The average Bonchev–Trinajstić information content (AvgIpc) is 2.63. The summed E-state index contributed by atoms with van der Waals surface area (Å²) in [5.41, 5.74) is 2.47. The Hall–Kier alpha value is -2.88. The molecular weight excluding hydrogens is 388 g/mol. The molecule has 136 valence electrons. The van der Waals surface area contributed by atoms with Crippen LogP contribution in [0.3, 0.4) is 0 Å². The smallest absolute Gasteiger partial charge is 0.141 e. The summed E-state index contributed by atoms with van der Waals surface area (Å²) in [4.78, 5) is 10.4. The molecule has 1 aromatic heterocycles. The van der Waals surface area contributed by atoms with Gasteiger partial charge in [-0.1, -0.05) is 23.2 Å². The average molecular weight is 402 g/mol. The van der Waals surface area contributed by atoms with E-state index in [1.807, 2.05) is 14.1 Å². The SMILES string of the molecule is CN(C)/C=N\c1cc(Cl)c2ncc(C#N)c(Nc3ccc(F)c(Cl)c3)c2c1. The molecular formula is C19H14Cl2FN5. The first-order valence-corrected chi connectivity index (χ1v) is 8.59. The van der Waals surface area contributed by atoms with E-state index < -0.39 is 5.82 Å². The highest BCUT2D eigenvalue weighted by atomic mass is 35.5. The molecule has 3 rings (SSSR count). The molecule has 0 atom stereocenters. The highest BCUT2D eigenvalue weighted by molar-refractivity contribution is 6.36. The van der Waals surface area contributed by atoms with E-state index in [9.17, 15) is 9.65 Å². The number of hydrogen-bond donors (Lipinski definition) is 1. The molecule has 0 amide bonds. The van der Waals surface area contributed by atoms with Gasteiger partial charge in [0.15, 0.2) is 0 Å². The van der Waals surface area contributed by atoms with Crippen molar-refractivity contribution in [2.24, 2.45) is 4.99 Å². The Morgan fingerprint density at radius 3 is 2.67 bits per heavy atom. The number of nitrogens with zero attached hydrogens (tertiary/aromatic N) is 4. The Morgan fingerprint density at radius 2 is 2.00 bits per heavy atom. The van der Waals surface area contributed by atoms with Crippen LogP contribution in [-0.2, 0) is 0 Å². The number of pyridine rings is 1. The first-order chi connectivity index (χ1) is 12.9. The normalized spacial score (nSPS) is 11.0. The van der Waals surface area contributed by atoms with E-state index in [1.54, 1.807) is 23.4 Å². The molecule has 27 heavy (non-hydrogen) atoms. The molecule has 0 saturated heterocycles. The summed E-state index contributed by atoms with van der Waals surface area (Å²) in [6.45, 7) is 0. The molecule has 0 spiro atoms. The monoisotopic (exact) mass is 401 g/mol. The predicted molar refractivity (Wildman–Crippen MR) is 108 cm³/mol. The molecule has 5 nitrogen and oxygen atoms in total. The second kappa shape index (κ2) is 7.78. The van der Waals surface area contributed by atoms with Gasteiger partial charge in [-0.25, -0.2) is 9.38 Å². The van der Waals surface area contributed by atoms with Gasteiger partial charge in [-0.15, -0.1) is 0 Å². The summed E-state index contributed by atoms with van der Waals surface area (Å²) < 4.78 is 13.4. The number of nitrogens with one attached hydrogen (secondary N) is 1. The lowest BCUT2D eigenvalue weighted by Gasteiger charge is -2.13. The van der Waals surface area contributed by atoms with Crippen LogP contribution >= 0.6 is 23.2 Å². The van der Waals surface area contributed by atoms with Gasteiger partial charge in [0, 0.05) is 31.4 Å². The number of rotatable bonds is 4. The molecule has 0 bridgehead atoms. The fourth-order valence-electron chi connectivity index (χ4n) is 2.44. The summed E-state index contributed by atoms with van der Waals surface area (Å²) >= 11 is 12.2. The number of aliphatic imine (C=N–C) groups is 1. The number of benzene rings is 2. The maximum atomic E-state index is 13.4. The van der Waals surface area contributed by atoms with Crippen LogP contribution in [0.15, 0.2) is 41.5 Å². The zero-order chi connectivity index (χ0) is 19.6. The van der Waals surface area contributed by atoms with Crippen LogP contribution in [0, 0.1) is 17.1 Å². The Kier molecular flexibility index (Phi) is 5.45. The van der Waals surface area contributed by atoms with Crippen molar-refractivity contribution in [2.75, 3.05) is 19.4 Å². The van der Waals surface area contributed by atoms with Crippen LogP contribution in [-0.4, -0.2) is 30.3 Å². The van der Waals surface area contributed by atoms with Crippen LogP contribution in [0.2, 0.25) is 10.0 Å². The lowest BCUT2D eigenvalue weighted by molar-refractivity contribution is 0.628. The quantitative estimate of drug-likeness (QED) is 0.461. The molecule has 2 aromatic carbocycles. The molecule has 8 heteroatoms. The fraction of sp³-hybridized carbons (Fsp3) is 0.105. The maximum absolute atomic E-state index is 13.4. The number of aromatic nitrogens is 1. The van der Waals surface area contributed by atoms with Gasteiger partial charge >= 0.3 is 0 Å². The second-order valence-electron chi connectivity index (χ2n) is 5.94. The Balaban J connectivity index is 2.18. The van der Waals surface area contributed by atoms with E-state index in [1.165, 1.54) is 24.4 Å². The highest BCUT2D eigenvalue weighted by Crippen LogP contribution is 2.36. The van der Waals surface area contributed by atoms with E-state index in [0.29, 0.717) is 38.6 Å². The molecule has 3 aromatic rings. The molecule has 0 saturated carbocycles. The minimum atomic E-state index is -0.523. The van der Waals surface area contributed by atoms with Crippen LogP contribution in [0.25, 0.3) is 10.9 Å². The maximum Gasteiger partial charge on any atom is 0.141 e. The number of hydrogen-bond acceptors (Lipinski definition) is 4. The van der Waals surface area contributed by atoms with Gasteiger partial charge in [-0.05, 0) is 30.3 Å². The Labute approximate surface area is 165 Å². The fourth-order valence-corrected chi connectivity index (χ4v) is 2.88. The van der Waals surface area contributed by atoms with Crippen LogP contribution in [0.5, 0.6) is 0 Å². The van der Waals surface area contributed by atoms with E-state index in [-0.39, 0.29) is 5.02 Å². The van der Waals surface area contributed by atoms with Gasteiger partial charge in [0.1, 0.15) is 11.9 Å². The van der Waals surface area contributed by atoms with Crippen LogP contribution < -0.4 is 5.32 Å². The minimum absolute atomic E-state index is 0.0221. The molecule has 0 aliphatic heterocycles. The summed E-state index contributed by atoms with van der Waals surface area (Å²) in [5.74, 6) is -0.523. The van der Waals surface area contributed by atoms with Crippen molar-refractivity contribution in [3.05, 3.63) is 58.0 Å². The van der Waals surface area contributed by atoms with E-state index in [4.69, 9.17) is 23.2 Å². The van der Waals surface area contributed by atoms with Crippen molar-refractivity contribution in [2.45, 2.75) is 0 Å². The van der Waals surface area contributed by atoms with Gasteiger partial charge < -0.3 is 10.2 Å². The van der Waals surface area contributed by atoms with Crippen LogP contribution in [0.4, 0.5) is 21.5 Å². The lowest BCUT2D eigenvalue weighted by atomic mass is 10.1. The first kappa shape index (κ1) is 18.9. The first-order valence-electron chi connectivity index (χ1n) is 7.84. The van der Waals surface area contributed by atoms with Gasteiger partial charge in [0.25, 0.3) is 0 Å². The zero-order valence-corrected chi connectivity index (χ0v) is 16.0. The molecule has 0 fully saturated rings. The van der Waals surface area contributed by atoms with Gasteiger partial charge in [0.05, 0.1) is 38.8 Å². The molecule has 0 radical (unpaired) electrons. The standard InChI is InChI=1S/C19H14Cl2FN5/c1-27(2)10-25-13-5-14-18(26-12-3-4-17(22)15(20)6-12)11(8-23)9-24-19(14)16(21)7-13/h3-7,9-10H,1-2H3,(H,24,26)/b25-10-. The van der Waals surface area contributed by atoms with E-state index in [0.717, 1.165) is 0 Å². The third kappa shape index (κ3) is 4.11. The topological polar surface area (TPSA) is 64.3 Å². The summed E-state index contributed by atoms with van der Waals surface area (Å²) in [6, 6.07) is 9.80. The Bertz CT molecular complexity index is 1090.